The number of benzene rings is 2. The van der Waals surface area contributed by atoms with E-state index in [0.717, 1.165) is 4.68 Å². The number of amides is 5. The van der Waals surface area contributed by atoms with E-state index in [1.165, 1.54) is 53.4 Å². The molecule has 0 fully saturated rings. The van der Waals surface area contributed by atoms with Crippen LogP contribution >= 0.6 is 0 Å². The highest BCUT2D eigenvalue weighted by Gasteiger charge is 2.37. The number of hydrogen-bond acceptors (Lipinski definition) is 13. The third-order valence-corrected chi connectivity index (χ3v) is 8.57. The first-order valence-corrected chi connectivity index (χ1v) is 19.7. The number of rotatable bonds is 10. The minimum Gasteiger partial charge on any atom is -0.465 e. The number of nitrogens with zero attached hydrogens (tertiary/aromatic N) is 5. The van der Waals surface area contributed by atoms with Gasteiger partial charge in [-0.1, -0.05) is 24.3 Å². The topological polar surface area (TPSA) is 251 Å². The number of aromatic amines is 1. The summed E-state index contributed by atoms with van der Waals surface area (Å²) in [5.41, 5.74) is -2.61. The number of esters is 1. The fraction of sp³-hybridized carbons (Fsp3) is 0.476. The Hall–Kier alpha value is -6.86. The van der Waals surface area contributed by atoms with E-state index in [2.05, 4.69) is 15.4 Å². The lowest BCUT2D eigenvalue weighted by molar-refractivity contribution is -0.384. The van der Waals surface area contributed by atoms with Crippen LogP contribution in [0.5, 0.6) is 0 Å². The molecule has 20 heteroatoms. The zero-order valence-corrected chi connectivity index (χ0v) is 36.5. The van der Waals surface area contributed by atoms with Gasteiger partial charge in [-0.2, -0.15) is 9.89 Å². The summed E-state index contributed by atoms with van der Waals surface area (Å²) in [7, 11) is 0. The molecule has 0 bridgehead atoms. The van der Waals surface area contributed by atoms with Crippen LogP contribution in [0.25, 0.3) is 0 Å². The Balaban J connectivity index is 1.70. The molecule has 3 aromatic rings. The van der Waals surface area contributed by atoms with Crippen molar-refractivity contribution in [2.45, 2.75) is 118 Å². The molecule has 4 rings (SSSR count). The predicted octanol–water partition coefficient (Wildman–Crippen LogP) is 5.43. The van der Waals surface area contributed by atoms with Crippen molar-refractivity contribution in [1.82, 2.24) is 24.9 Å². The van der Waals surface area contributed by atoms with E-state index in [1.54, 1.807) is 69.2 Å². The van der Waals surface area contributed by atoms with Crippen molar-refractivity contribution in [3.05, 3.63) is 96.9 Å². The summed E-state index contributed by atoms with van der Waals surface area (Å²) in [5, 5.41) is 17.0. The third kappa shape index (κ3) is 13.3. The van der Waals surface area contributed by atoms with Gasteiger partial charge < -0.3 is 29.2 Å². The molecular weight excluding hydrogens is 810 g/mol. The average Bonchev–Trinajstić information content (AvgIpc) is 3.45. The van der Waals surface area contributed by atoms with Crippen LogP contribution in [0.1, 0.15) is 102 Å². The highest BCUT2D eigenvalue weighted by atomic mass is 16.6. The molecule has 2 N–H and O–H groups in total. The van der Waals surface area contributed by atoms with Gasteiger partial charge in [0.15, 0.2) is 5.84 Å². The molecule has 334 valence electrons. The van der Waals surface area contributed by atoms with E-state index in [-0.39, 0.29) is 61.5 Å². The molecule has 5 amide bonds. The highest BCUT2D eigenvalue weighted by molar-refractivity contribution is 6.18. The number of amidine groups is 1. The zero-order chi connectivity index (χ0) is 46.3. The minimum absolute atomic E-state index is 0.00127. The van der Waals surface area contributed by atoms with E-state index in [9.17, 15) is 43.7 Å². The molecule has 62 heavy (non-hydrogen) atoms. The normalized spacial score (nSPS) is 13.6. The third-order valence-electron chi connectivity index (χ3n) is 8.57. The van der Waals surface area contributed by atoms with Gasteiger partial charge in [0.25, 0.3) is 17.2 Å². The van der Waals surface area contributed by atoms with Crippen LogP contribution < -0.4 is 10.9 Å². The smallest absolute Gasteiger partial charge is 0.436 e. The summed E-state index contributed by atoms with van der Waals surface area (Å²) in [5.74, 6) is -2.45. The van der Waals surface area contributed by atoms with Crippen molar-refractivity contribution in [1.29, 1.82) is 0 Å². The Bertz CT molecular complexity index is 2250. The van der Waals surface area contributed by atoms with Gasteiger partial charge in [0, 0.05) is 48.3 Å². The number of carbonyl (C=O) groups excluding carboxylic acids is 6. The van der Waals surface area contributed by atoms with E-state index >= 15 is 0 Å². The first-order chi connectivity index (χ1) is 28.7. The molecule has 0 unspecified atom stereocenters. The van der Waals surface area contributed by atoms with E-state index in [4.69, 9.17) is 18.9 Å². The van der Waals surface area contributed by atoms with Crippen LogP contribution in [0, 0.1) is 10.1 Å². The maximum atomic E-state index is 14.2. The molecule has 2 heterocycles. The Morgan fingerprint density at radius 1 is 0.855 bits per heavy atom. The van der Waals surface area contributed by atoms with Gasteiger partial charge in [-0.15, -0.1) is 0 Å². The van der Waals surface area contributed by atoms with Gasteiger partial charge >= 0.3 is 24.2 Å². The number of non-ortho nitro benzene ring substituents is 1. The maximum Gasteiger partial charge on any atom is 0.436 e. The van der Waals surface area contributed by atoms with Gasteiger partial charge in [-0.3, -0.25) is 34.4 Å². The van der Waals surface area contributed by atoms with Crippen LogP contribution in [0.4, 0.5) is 20.1 Å². The average molecular weight is 864 g/mol. The monoisotopic (exact) mass is 863 g/mol. The fourth-order valence-corrected chi connectivity index (χ4v) is 5.99. The molecule has 20 nitrogen and oxygen atoms in total. The standard InChI is InChI=1S/C42H53N7O13/c1-11-59-32(50)24-47-35(52)29-23-46(21-20-30(29)45-47)36(53)31(22-25-12-18-28(19-13-25)49(57)58)43-34(51)27-16-14-26(15-17-27)33(44-37(54)60-40(2,3)4)48(38(55)61-41(5,6)7)39(56)62-42(8,9)10/h12-19,31,45H,11,20-24H2,1-10H3,(H,43,51)/t31-/m0/s1. The van der Waals surface area contributed by atoms with Crippen LogP contribution in [0.15, 0.2) is 58.3 Å². The van der Waals surface area contributed by atoms with E-state index in [1.807, 2.05) is 0 Å². The summed E-state index contributed by atoms with van der Waals surface area (Å²) in [6.07, 6.45) is -3.45. The van der Waals surface area contributed by atoms with E-state index in [0.29, 0.717) is 16.2 Å². The Labute approximate surface area is 357 Å². The van der Waals surface area contributed by atoms with Crippen molar-refractivity contribution >= 4 is 47.6 Å². The lowest BCUT2D eigenvalue weighted by Gasteiger charge is -2.30. The molecule has 1 aromatic heterocycles. The number of aliphatic imine (C=N–C) groups is 1. The van der Waals surface area contributed by atoms with Gasteiger partial charge in [0.05, 0.1) is 23.6 Å². The number of ether oxygens (including phenoxy) is 4. The lowest BCUT2D eigenvalue weighted by atomic mass is 10.0. The van der Waals surface area contributed by atoms with Crippen molar-refractivity contribution < 1.29 is 52.6 Å². The summed E-state index contributed by atoms with van der Waals surface area (Å²) >= 11 is 0. The molecule has 0 radical (unpaired) electrons. The van der Waals surface area contributed by atoms with Gasteiger partial charge in [-0.25, -0.2) is 19.1 Å². The molecule has 0 saturated carbocycles. The number of nitrogens with one attached hydrogen (secondary N) is 2. The number of fused-ring (bicyclic) bond motifs is 1. The van der Waals surface area contributed by atoms with Gasteiger partial charge in [0.2, 0.25) is 5.91 Å². The van der Waals surface area contributed by atoms with Gasteiger partial charge in [-0.05, 0) is 86.9 Å². The van der Waals surface area contributed by atoms with Crippen LogP contribution in [0.2, 0.25) is 0 Å². The number of hydrogen-bond donors (Lipinski definition) is 2. The van der Waals surface area contributed by atoms with Gasteiger partial charge in [0.1, 0.15) is 29.4 Å². The van der Waals surface area contributed by atoms with Crippen molar-refractivity contribution in [2.75, 3.05) is 13.2 Å². The van der Waals surface area contributed by atoms with Crippen LogP contribution in [0.3, 0.4) is 0 Å². The lowest BCUT2D eigenvalue weighted by Crippen LogP contribution is -2.51. The van der Waals surface area contributed by atoms with Crippen molar-refractivity contribution in [3.63, 3.8) is 0 Å². The number of aromatic nitrogens is 2. The van der Waals surface area contributed by atoms with Crippen molar-refractivity contribution in [3.8, 4) is 0 Å². The van der Waals surface area contributed by atoms with E-state index < -0.39 is 75.2 Å². The number of carbonyl (C=O) groups is 6. The Morgan fingerprint density at radius 3 is 1.92 bits per heavy atom. The van der Waals surface area contributed by atoms with Crippen LogP contribution in [-0.4, -0.2) is 102 Å². The van der Waals surface area contributed by atoms with Crippen LogP contribution in [-0.2, 0) is 54.5 Å². The molecule has 2 aromatic carbocycles. The number of nitro groups is 1. The molecule has 0 spiro atoms. The predicted molar refractivity (Wildman–Crippen MR) is 222 cm³/mol. The molecule has 1 atom stereocenters. The second-order valence-corrected chi connectivity index (χ2v) is 17.2. The number of H-pyrrole nitrogens is 1. The SMILES string of the molecule is CCOC(=O)Cn1[nH]c2c(c1=O)CN(C(=O)[C@H](Cc1ccc([N+](=O)[O-])cc1)NC(=O)c1ccc(C(=NC(=O)OC(C)(C)C)N(C(=O)OC(C)(C)C)C(=O)OC(C)(C)C)cc1)CC2. The zero-order valence-electron chi connectivity index (χ0n) is 36.5. The Kier molecular flexibility index (Phi) is 14.8. The quantitative estimate of drug-likeness (QED) is 0.0645. The largest absolute Gasteiger partial charge is 0.465 e. The molecule has 1 aliphatic heterocycles. The van der Waals surface area contributed by atoms with Crippen molar-refractivity contribution in [2.24, 2.45) is 4.99 Å². The first kappa shape index (κ1) is 47.8. The summed E-state index contributed by atoms with van der Waals surface area (Å²) in [4.78, 5) is 110. The molecule has 1 aliphatic rings. The molecule has 0 saturated heterocycles. The number of nitro benzene ring substituents is 1. The summed E-state index contributed by atoms with van der Waals surface area (Å²) in [6, 6.07) is 9.45. The summed E-state index contributed by atoms with van der Waals surface area (Å²) < 4.78 is 22.4. The molecular formula is C42H53N7O13. The Morgan fingerprint density at radius 2 is 1.40 bits per heavy atom. The highest BCUT2D eigenvalue weighted by Crippen LogP contribution is 2.22. The summed E-state index contributed by atoms with van der Waals surface area (Å²) in [6.45, 7) is 15.7. The molecule has 0 aliphatic carbocycles. The maximum absolute atomic E-state index is 14.2. The fourth-order valence-electron chi connectivity index (χ4n) is 5.99. The minimum atomic E-state index is -1.25. The second kappa shape index (κ2) is 19.2. The number of imide groups is 1. The second-order valence-electron chi connectivity index (χ2n) is 17.2. The first-order valence-electron chi connectivity index (χ1n) is 19.7.